The molecule has 4 heterocycles. The van der Waals surface area contributed by atoms with E-state index in [1.807, 2.05) is 4.52 Å². The second-order valence-corrected chi connectivity index (χ2v) is 5.87. The van der Waals surface area contributed by atoms with Gasteiger partial charge in [-0.3, -0.25) is 0 Å². The van der Waals surface area contributed by atoms with E-state index in [2.05, 4.69) is 20.6 Å². The molecule has 7 heteroatoms. The third-order valence-electron chi connectivity index (χ3n) is 3.66. The van der Waals surface area contributed by atoms with Gasteiger partial charge >= 0.3 is 0 Å². The van der Waals surface area contributed by atoms with Gasteiger partial charge in [-0.05, 0) is 25.8 Å². The summed E-state index contributed by atoms with van der Waals surface area (Å²) in [4.78, 5) is 0.891. The van der Waals surface area contributed by atoms with Gasteiger partial charge in [0.2, 0.25) is 4.96 Å². The van der Waals surface area contributed by atoms with E-state index in [4.69, 9.17) is 4.74 Å². The van der Waals surface area contributed by atoms with Gasteiger partial charge in [-0.15, -0.1) is 10.2 Å². The van der Waals surface area contributed by atoms with E-state index < -0.39 is 0 Å². The van der Waals surface area contributed by atoms with E-state index in [1.54, 1.807) is 11.3 Å². The Kier molecular flexibility index (Phi) is 2.56. The van der Waals surface area contributed by atoms with Crippen LogP contribution in [0.5, 0.6) is 0 Å². The zero-order valence-corrected chi connectivity index (χ0v) is 10.8. The Morgan fingerprint density at radius 1 is 1.33 bits per heavy atom. The molecule has 2 aliphatic heterocycles. The van der Waals surface area contributed by atoms with Gasteiger partial charge in [0.05, 0.1) is 0 Å². The van der Waals surface area contributed by atoms with Gasteiger partial charge in [0.25, 0.3) is 0 Å². The van der Waals surface area contributed by atoms with Crippen molar-refractivity contribution in [3.05, 3.63) is 10.8 Å². The number of nitrogens with zero attached hydrogens (tertiary/aromatic N) is 4. The monoisotopic (exact) mass is 265 g/mol. The predicted molar refractivity (Wildman–Crippen MR) is 66.8 cm³/mol. The van der Waals surface area contributed by atoms with E-state index in [0.29, 0.717) is 5.92 Å². The molecule has 2 unspecified atom stereocenters. The average Bonchev–Trinajstić information content (AvgIpc) is 3.13. The SMILES string of the molecule is C1COC(c2nnc3sc(C4CCNC4)nn23)C1. The Morgan fingerprint density at radius 2 is 2.33 bits per heavy atom. The summed E-state index contributed by atoms with van der Waals surface area (Å²) in [5, 5.41) is 17.7. The minimum absolute atomic E-state index is 0.0802. The topological polar surface area (TPSA) is 64.3 Å². The lowest BCUT2D eigenvalue weighted by Crippen LogP contribution is -2.08. The van der Waals surface area contributed by atoms with Crippen LogP contribution in [0, 0.1) is 0 Å². The number of rotatable bonds is 2. The van der Waals surface area contributed by atoms with Crippen molar-refractivity contribution in [1.82, 2.24) is 25.1 Å². The van der Waals surface area contributed by atoms with Crippen LogP contribution < -0.4 is 5.32 Å². The van der Waals surface area contributed by atoms with Crippen molar-refractivity contribution in [2.75, 3.05) is 19.7 Å². The van der Waals surface area contributed by atoms with Gasteiger partial charge < -0.3 is 10.1 Å². The second-order valence-electron chi connectivity index (χ2n) is 4.88. The lowest BCUT2D eigenvalue weighted by molar-refractivity contribution is 0.103. The van der Waals surface area contributed by atoms with Gasteiger partial charge in [0.15, 0.2) is 5.82 Å². The summed E-state index contributed by atoms with van der Waals surface area (Å²) in [6.07, 6.45) is 3.37. The lowest BCUT2D eigenvalue weighted by atomic mass is 10.1. The highest BCUT2D eigenvalue weighted by molar-refractivity contribution is 7.16. The number of nitrogens with one attached hydrogen (secondary N) is 1. The van der Waals surface area contributed by atoms with Crippen molar-refractivity contribution in [3.8, 4) is 0 Å². The molecule has 2 aromatic rings. The zero-order valence-electron chi connectivity index (χ0n) is 10.0. The molecule has 4 rings (SSSR count). The Hall–Kier alpha value is -1.05. The summed E-state index contributed by atoms with van der Waals surface area (Å²) in [6, 6.07) is 0. The van der Waals surface area contributed by atoms with Gasteiger partial charge in [-0.1, -0.05) is 11.3 Å². The van der Waals surface area contributed by atoms with E-state index in [-0.39, 0.29) is 6.10 Å². The Bertz CT molecular complexity index is 553. The first-order valence-electron chi connectivity index (χ1n) is 6.46. The van der Waals surface area contributed by atoms with Crippen molar-refractivity contribution in [2.45, 2.75) is 31.3 Å². The molecule has 18 heavy (non-hydrogen) atoms. The van der Waals surface area contributed by atoms with Crippen LogP contribution in [-0.2, 0) is 4.74 Å². The molecule has 0 aromatic carbocycles. The van der Waals surface area contributed by atoms with Crippen molar-refractivity contribution in [1.29, 1.82) is 0 Å². The van der Waals surface area contributed by atoms with E-state index in [1.165, 1.54) is 11.4 Å². The van der Waals surface area contributed by atoms with Crippen LogP contribution in [0.15, 0.2) is 0 Å². The number of hydrogen-bond acceptors (Lipinski definition) is 6. The summed E-state index contributed by atoms with van der Waals surface area (Å²) < 4.78 is 7.55. The highest BCUT2D eigenvalue weighted by atomic mass is 32.1. The molecule has 6 nitrogen and oxygen atoms in total. The van der Waals surface area contributed by atoms with Crippen LogP contribution in [0.2, 0.25) is 0 Å². The molecule has 0 spiro atoms. The van der Waals surface area contributed by atoms with Crippen LogP contribution in [0.4, 0.5) is 0 Å². The van der Waals surface area contributed by atoms with Crippen LogP contribution in [0.25, 0.3) is 4.96 Å². The largest absolute Gasteiger partial charge is 0.370 e. The molecule has 0 radical (unpaired) electrons. The third kappa shape index (κ3) is 1.65. The summed E-state index contributed by atoms with van der Waals surface area (Å²) in [7, 11) is 0. The number of fused-ring (bicyclic) bond motifs is 1. The van der Waals surface area contributed by atoms with E-state index in [9.17, 15) is 0 Å². The summed E-state index contributed by atoms with van der Waals surface area (Å²) in [5.74, 6) is 1.41. The van der Waals surface area contributed by atoms with Crippen LogP contribution in [0.1, 0.15) is 42.1 Å². The number of ether oxygens (including phenoxy) is 1. The van der Waals surface area contributed by atoms with Gasteiger partial charge in [0.1, 0.15) is 11.1 Å². The maximum absolute atomic E-state index is 5.67. The van der Waals surface area contributed by atoms with Crippen molar-refractivity contribution < 1.29 is 4.74 Å². The lowest BCUT2D eigenvalue weighted by Gasteiger charge is -2.05. The molecular weight excluding hydrogens is 250 g/mol. The molecule has 1 N–H and O–H groups in total. The molecule has 2 aromatic heterocycles. The molecular formula is C11H15N5OS. The molecule has 2 fully saturated rings. The maximum Gasteiger partial charge on any atom is 0.234 e. The van der Waals surface area contributed by atoms with Crippen molar-refractivity contribution >= 4 is 16.3 Å². The first-order valence-corrected chi connectivity index (χ1v) is 7.28. The van der Waals surface area contributed by atoms with Gasteiger partial charge in [-0.25, -0.2) is 0 Å². The minimum Gasteiger partial charge on any atom is -0.370 e. The Balaban J connectivity index is 1.71. The molecule has 2 saturated heterocycles. The van der Waals surface area contributed by atoms with E-state index in [0.717, 1.165) is 43.3 Å². The van der Waals surface area contributed by atoms with Gasteiger partial charge in [0, 0.05) is 19.1 Å². The smallest absolute Gasteiger partial charge is 0.234 e. The van der Waals surface area contributed by atoms with Crippen LogP contribution in [-0.4, -0.2) is 39.5 Å². The second kappa shape index (κ2) is 4.25. The highest BCUT2D eigenvalue weighted by Crippen LogP contribution is 2.31. The summed E-state index contributed by atoms with van der Waals surface area (Å²) in [6.45, 7) is 2.94. The maximum atomic E-state index is 5.67. The van der Waals surface area contributed by atoms with Crippen LogP contribution in [0.3, 0.4) is 0 Å². The third-order valence-corrected chi connectivity index (χ3v) is 4.72. The fourth-order valence-electron chi connectivity index (χ4n) is 2.66. The first-order chi connectivity index (χ1) is 8.92. The predicted octanol–water partition coefficient (Wildman–Crippen LogP) is 1.11. The van der Waals surface area contributed by atoms with Crippen molar-refractivity contribution in [3.63, 3.8) is 0 Å². The molecule has 2 atom stereocenters. The van der Waals surface area contributed by atoms with Crippen molar-refractivity contribution in [2.24, 2.45) is 0 Å². The molecule has 96 valence electrons. The fraction of sp³-hybridized carbons (Fsp3) is 0.727. The van der Waals surface area contributed by atoms with E-state index >= 15 is 0 Å². The molecule has 0 bridgehead atoms. The quantitative estimate of drug-likeness (QED) is 0.881. The summed E-state index contributed by atoms with van der Waals surface area (Å²) >= 11 is 1.66. The Labute approximate surface area is 108 Å². The van der Waals surface area contributed by atoms with Gasteiger partial charge in [-0.2, -0.15) is 9.61 Å². The molecule has 0 amide bonds. The standard InChI is InChI=1S/C11H15N5OS/c1-2-8(17-5-1)9-13-14-11-16(9)15-10(18-11)7-3-4-12-6-7/h7-8,12H,1-6H2. The first kappa shape index (κ1) is 10.8. The zero-order chi connectivity index (χ0) is 11.9. The number of hydrogen-bond donors (Lipinski definition) is 1. The molecule has 0 aliphatic carbocycles. The molecule has 2 aliphatic rings. The minimum atomic E-state index is 0.0802. The normalized spacial score (nSPS) is 28.4. The highest BCUT2D eigenvalue weighted by Gasteiger charge is 2.27. The fourth-order valence-corrected chi connectivity index (χ4v) is 3.64. The van der Waals surface area contributed by atoms with Crippen LogP contribution >= 0.6 is 11.3 Å². The summed E-state index contributed by atoms with van der Waals surface area (Å²) in [5.41, 5.74) is 0. The molecule has 0 saturated carbocycles. The number of aromatic nitrogens is 4. The average molecular weight is 265 g/mol. The Morgan fingerprint density at radius 3 is 3.11 bits per heavy atom.